The van der Waals surface area contributed by atoms with Gasteiger partial charge in [-0.25, -0.2) is 9.97 Å². The number of nitriles is 1. The second-order valence-electron chi connectivity index (χ2n) is 4.42. The third-order valence-corrected chi connectivity index (χ3v) is 2.74. The van der Waals surface area contributed by atoms with Crippen LogP contribution in [0.4, 0.5) is 0 Å². The van der Waals surface area contributed by atoms with E-state index in [-0.39, 0.29) is 18.2 Å². The summed E-state index contributed by atoms with van der Waals surface area (Å²) in [5, 5.41) is 12.6. The molecule has 0 aliphatic heterocycles. The molecule has 0 aliphatic rings. The van der Waals surface area contributed by atoms with E-state index in [0.717, 1.165) is 0 Å². The summed E-state index contributed by atoms with van der Waals surface area (Å²) in [5.74, 6) is 2.26. The molecule has 0 fully saturated rings. The van der Waals surface area contributed by atoms with E-state index in [1.807, 2.05) is 6.07 Å². The molecule has 2 aromatic heterocycles. The van der Waals surface area contributed by atoms with Crippen LogP contribution in [0.1, 0.15) is 17.4 Å². The minimum absolute atomic E-state index is 0.125. The van der Waals surface area contributed by atoms with Gasteiger partial charge in [0, 0.05) is 12.4 Å². The van der Waals surface area contributed by atoms with Gasteiger partial charge in [0.05, 0.1) is 0 Å². The summed E-state index contributed by atoms with van der Waals surface area (Å²) in [5.41, 5.74) is 0.125. The van der Waals surface area contributed by atoms with Crippen LogP contribution in [0.15, 0.2) is 41.2 Å². The SMILES string of the molecule is Cc1noc(COc2ccc(Oc3nccnc3C#N)cc2)n1. The van der Waals surface area contributed by atoms with E-state index >= 15 is 0 Å². The van der Waals surface area contributed by atoms with Crippen LogP contribution >= 0.6 is 0 Å². The first-order valence-electron chi connectivity index (χ1n) is 6.65. The van der Waals surface area contributed by atoms with Crippen molar-refractivity contribution in [2.24, 2.45) is 0 Å². The summed E-state index contributed by atoms with van der Waals surface area (Å²) < 4.78 is 16.0. The second kappa shape index (κ2) is 6.53. The number of nitrogens with zero attached hydrogens (tertiary/aromatic N) is 5. The van der Waals surface area contributed by atoms with Crippen molar-refractivity contribution in [3.05, 3.63) is 54.1 Å². The zero-order valence-electron chi connectivity index (χ0n) is 12.1. The van der Waals surface area contributed by atoms with Gasteiger partial charge in [0.25, 0.3) is 11.8 Å². The zero-order chi connectivity index (χ0) is 16.1. The fourth-order valence-electron chi connectivity index (χ4n) is 1.74. The van der Waals surface area contributed by atoms with Crippen molar-refractivity contribution in [2.45, 2.75) is 13.5 Å². The van der Waals surface area contributed by atoms with Gasteiger partial charge in [0.2, 0.25) is 5.69 Å². The van der Waals surface area contributed by atoms with Crippen LogP contribution in [0.5, 0.6) is 17.4 Å². The fraction of sp³-hybridized carbons (Fsp3) is 0.133. The minimum atomic E-state index is 0.125. The van der Waals surface area contributed by atoms with Gasteiger partial charge in [-0.15, -0.1) is 0 Å². The lowest BCUT2D eigenvalue weighted by atomic mass is 10.3. The molecule has 23 heavy (non-hydrogen) atoms. The van der Waals surface area contributed by atoms with Crippen LogP contribution in [-0.4, -0.2) is 20.1 Å². The Labute approximate surface area is 131 Å². The lowest BCUT2D eigenvalue weighted by molar-refractivity contribution is 0.242. The molecule has 0 N–H and O–H groups in total. The maximum atomic E-state index is 8.95. The summed E-state index contributed by atoms with van der Waals surface area (Å²) in [7, 11) is 0. The first-order valence-corrected chi connectivity index (χ1v) is 6.65. The molecule has 0 spiro atoms. The van der Waals surface area contributed by atoms with Crippen LogP contribution in [-0.2, 0) is 6.61 Å². The van der Waals surface area contributed by atoms with E-state index in [1.165, 1.54) is 12.4 Å². The average Bonchev–Trinajstić information content (AvgIpc) is 3.00. The Morgan fingerprint density at radius 3 is 2.57 bits per heavy atom. The molecular weight excluding hydrogens is 298 g/mol. The molecule has 8 heteroatoms. The predicted molar refractivity (Wildman–Crippen MR) is 76.6 cm³/mol. The van der Waals surface area contributed by atoms with Crippen molar-refractivity contribution < 1.29 is 14.0 Å². The Morgan fingerprint density at radius 1 is 1.13 bits per heavy atom. The molecule has 0 radical (unpaired) electrons. The first-order chi connectivity index (χ1) is 11.2. The van der Waals surface area contributed by atoms with Crippen molar-refractivity contribution >= 4 is 0 Å². The zero-order valence-corrected chi connectivity index (χ0v) is 12.1. The van der Waals surface area contributed by atoms with Gasteiger partial charge in [-0.1, -0.05) is 5.16 Å². The molecule has 2 heterocycles. The summed E-state index contributed by atoms with van der Waals surface area (Å²) >= 11 is 0. The van der Waals surface area contributed by atoms with Crippen molar-refractivity contribution in [3.8, 4) is 23.4 Å². The minimum Gasteiger partial charge on any atom is -0.484 e. The maximum absolute atomic E-state index is 8.95. The molecule has 0 amide bonds. The van der Waals surface area contributed by atoms with Crippen LogP contribution in [0.25, 0.3) is 0 Å². The van der Waals surface area contributed by atoms with Gasteiger partial charge in [0.15, 0.2) is 12.4 Å². The molecule has 0 unspecified atom stereocenters. The summed E-state index contributed by atoms with van der Waals surface area (Å²) in [6.07, 6.45) is 2.89. The van der Waals surface area contributed by atoms with Crippen molar-refractivity contribution in [1.29, 1.82) is 5.26 Å². The lowest BCUT2D eigenvalue weighted by Gasteiger charge is -2.07. The van der Waals surface area contributed by atoms with Gasteiger partial charge in [0.1, 0.15) is 17.6 Å². The van der Waals surface area contributed by atoms with Crippen LogP contribution < -0.4 is 9.47 Å². The molecule has 0 saturated heterocycles. The number of benzene rings is 1. The van der Waals surface area contributed by atoms with Crippen LogP contribution in [0, 0.1) is 18.3 Å². The van der Waals surface area contributed by atoms with Crippen molar-refractivity contribution in [1.82, 2.24) is 20.1 Å². The molecule has 0 bridgehead atoms. The quantitative estimate of drug-likeness (QED) is 0.707. The molecule has 0 aliphatic carbocycles. The van der Waals surface area contributed by atoms with Gasteiger partial charge in [-0.3, -0.25) is 0 Å². The highest BCUT2D eigenvalue weighted by atomic mass is 16.5. The van der Waals surface area contributed by atoms with Crippen LogP contribution in [0.2, 0.25) is 0 Å². The Bertz CT molecular complexity index is 839. The molecule has 8 nitrogen and oxygen atoms in total. The Hall–Kier alpha value is -3.47. The maximum Gasteiger partial charge on any atom is 0.264 e. The number of hydrogen-bond acceptors (Lipinski definition) is 8. The molecule has 3 aromatic rings. The van der Waals surface area contributed by atoms with E-state index in [9.17, 15) is 0 Å². The van der Waals surface area contributed by atoms with E-state index in [0.29, 0.717) is 23.2 Å². The number of ether oxygens (including phenoxy) is 2. The smallest absolute Gasteiger partial charge is 0.264 e. The normalized spacial score (nSPS) is 10.1. The number of rotatable bonds is 5. The molecule has 3 rings (SSSR count). The average molecular weight is 309 g/mol. The monoisotopic (exact) mass is 309 g/mol. The predicted octanol–water partition coefficient (Wildman–Crippen LogP) is 2.41. The Morgan fingerprint density at radius 2 is 1.87 bits per heavy atom. The first kappa shape index (κ1) is 14.5. The van der Waals surface area contributed by atoms with E-state index in [2.05, 4.69) is 20.1 Å². The number of aromatic nitrogens is 4. The van der Waals surface area contributed by atoms with Gasteiger partial charge in [-0.05, 0) is 31.2 Å². The number of aryl methyl sites for hydroxylation is 1. The molecule has 0 atom stereocenters. The molecule has 114 valence electrons. The summed E-state index contributed by atoms with van der Waals surface area (Å²) in [6.45, 7) is 1.92. The van der Waals surface area contributed by atoms with E-state index in [4.69, 9.17) is 19.3 Å². The van der Waals surface area contributed by atoms with E-state index in [1.54, 1.807) is 31.2 Å². The second-order valence-corrected chi connectivity index (χ2v) is 4.42. The third-order valence-electron chi connectivity index (χ3n) is 2.74. The lowest BCUT2D eigenvalue weighted by Crippen LogP contribution is -1.96. The fourth-order valence-corrected chi connectivity index (χ4v) is 1.74. The molecular formula is C15H11N5O3. The topological polar surface area (TPSA) is 107 Å². The summed E-state index contributed by atoms with van der Waals surface area (Å²) in [4.78, 5) is 11.9. The summed E-state index contributed by atoms with van der Waals surface area (Å²) in [6, 6.07) is 8.76. The molecule has 0 saturated carbocycles. The van der Waals surface area contributed by atoms with Crippen LogP contribution in [0.3, 0.4) is 0 Å². The van der Waals surface area contributed by atoms with Gasteiger partial charge in [-0.2, -0.15) is 10.2 Å². The van der Waals surface area contributed by atoms with Gasteiger partial charge >= 0.3 is 0 Å². The van der Waals surface area contributed by atoms with E-state index < -0.39 is 0 Å². The Kier molecular flexibility index (Phi) is 4.11. The molecule has 1 aromatic carbocycles. The highest BCUT2D eigenvalue weighted by Gasteiger charge is 2.07. The third kappa shape index (κ3) is 3.59. The Balaban J connectivity index is 1.64. The largest absolute Gasteiger partial charge is 0.484 e. The van der Waals surface area contributed by atoms with Gasteiger partial charge < -0.3 is 14.0 Å². The highest BCUT2D eigenvalue weighted by Crippen LogP contribution is 2.24. The van der Waals surface area contributed by atoms with Crippen molar-refractivity contribution in [3.63, 3.8) is 0 Å². The highest BCUT2D eigenvalue weighted by molar-refractivity contribution is 5.37. The standard InChI is InChI=1S/C15H11N5O3/c1-10-19-14(23-20-10)9-21-11-2-4-12(5-3-11)22-15-13(8-16)17-6-7-18-15/h2-7H,9H2,1H3. The van der Waals surface area contributed by atoms with Crippen molar-refractivity contribution in [2.75, 3.05) is 0 Å². The number of hydrogen-bond donors (Lipinski definition) is 0.